The Hall–Kier alpha value is -3.91. The number of rotatable bonds is 12. The number of unbranched alkanes of at least 4 members (excludes halogenated alkanes) is 2. The Morgan fingerprint density at radius 1 is 1.05 bits per heavy atom. The second-order valence-electron chi connectivity index (χ2n) is 9.04. The molecule has 1 amide bonds. The minimum absolute atomic E-state index is 0.0567. The number of anilines is 1. The maximum absolute atomic E-state index is 13.2. The van der Waals surface area contributed by atoms with Crippen molar-refractivity contribution in [2.24, 2.45) is 4.40 Å². The Kier molecular flexibility index (Phi) is 10.9. The summed E-state index contributed by atoms with van der Waals surface area (Å²) in [5.41, 5.74) is 1.15. The molecule has 1 N–H and O–H groups in total. The average molecular weight is 616 g/mol. The fourth-order valence-electron chi connectivity index (χ4n) is 3.77. The first-order valence-electron chi connectivity index (χ1n) is 12.5. The summed E-state index contributed by atoms with van der Waals surface area (Å²) in [6, 6.07) is 14.4. The first-order chi connectivity index (χ1) is 19.4. The molecule has 0 bridgehead atoms. The molecule has 0 fully saturated rings. The molecular formula is C29H26Cl2N3O6S-. The van der Waals surface area contributed by atoms with Crippen LogP contribution in [0.1, 0.15) is 59.7 Å². The smallest absolute Gasteiger partial charge is 0.281 e. The summed E-state index contributed by atoms with van der Waals surface area (Å²) < 4.78 is 34.1. The average Bonchev–Trinajstić information content (AvgIpc) is 2.92. The second kappa shape index (κ2) is 14.1. The third-order valence-corrected chi connectivity index (χ3v) is 7.57. The van der Waals surface area contributed by atoms with Gasteiger partial charge >= 0.3 is 0 Å². The van der Waals surface area contributed by atoms with Crippen molar-refractivity contribution in [1.82, 2.24) is 0 Å². The van der Waals surface area contributed by atoms with Gasteiger partial charge in [0, 0.05) is 21.3 Å². The molecule has 0 aliphatic rings. The van der Waals surface area contributed by atoms with Crippen LogP contribution in [0.5, 0.6) is 5.75 Å². The van der Waals surface area contributed by atoms with E-state index in [1.54, 1.807) is 6.92 Å². The van der Waals surface area contributed by atoms with Gasteiger partial charge in [0.15, 0.2) is 12.4 Å². The zero-order chi connectivity index (χ0) is 30.2. The third-order valence-electron chi connectivity index (χ3n) is 5.82. The van der Waals surface area contributed by atoms with Crippen LogP contribution in [0.2, 0.25) is 10.0 Å². The zero-order valence-electron chi connectivity index (χ0n) is 22.2. The molecule has 0 aliphatic carbocycles. The lowest BCUT2D eigenvalue weighted by atomic mass is 10.0. The van der Waals surface area contributed by atoms with Crippen molar-refractivity contribution in [2.75, 3.05) is 11.9 Å². The van der Waals surface area contributed by atoms with Gasteiger partial charge in [0.1, 0.15) is 5.75 Å². The molecule has 0 radical (unpaired) electrons. The van der Waals surface area contributed by atoms with Crippen LogP contribution in [-0.2, 0) is 14.8 Å². The van der Waals surface area contributed by atoms with E-state index in [4.69, 9.17) is 27.9 Å². The number of sulfonamides is 1. The molecule has 0 aliphatic heterocycles. The van der Waals surface area contributed by atoms with Crippen molar-refractivity contribution in [1.29, 1.82) is 5.26 Å². The number of nitriles is 1. The van der Waals surface area contributed by atoms with E-state index in [0.29, 0.717) is 17.7 Å². The van der Waals surface area contributed by atoms with Gasteiger partial charge in [-0.1, -0.05) is 43.0 Å². The maximum atomic E-state index is 13.2. The molecule has 3 rings (SSSR count). The second-order valence-corrected chi connectivity index (χ2v) is 11.5. The standard InChI is InChI=1S/C29H27Cl2N3O6S/c1-3-4-5-6-27(35)34-41(38,39)23-8-9-25(18(2)11-23)33-28(36)17-40-26-10-7-21(30)15-24(26)29(37)20-12-19(16-32)13-22(31)14-20/h7-15H,3-6,17H2,1-2H3,(H,33,36)(H,34,35)/p-1. The summed E-state index contributed by atoms with van der Waals surface area (Å²) in [7, 11) is -4.19. The zero-order valence-corrected chi connectivity index (χ0v) is 24.6. The molecular weight excluding hydrogens is 589 g/mol. The SMILES string of the molecule is CCCCC/C([O-])=N/S(=O)(=O)c1ccc(NC(=O)COc2ccc(Cl)cc2C(=O)c2cc(Cl)cc(C#N)c2)c(C)c1. The predicted molar refractivity (Wildman–Crippen MR) is 155 cm³/mol. The molecule has 0 spiro atoms. The highest BCUT2D eigenvalue weighted by molar-refractivity contribution is 7.90. The predicted octanol–water partition coefficient (Wildman–Crippen LogP) is 5.45. The fourth-order valence-corrected chi connectivity index (χ4v) is 5.21. The van der Waals surface area contributed by atoms with E-state index in [2.05, 4.69) is 9.71 Å². The van der Waals surface area contributed by atoms with Crippen molar-refractivity contribution in [3.8, 4) is 11.8 Å². The van der Waals surface area contributed by atoms with Crippen LogP contribution < -0.4 is 15.2 Å². The van der Waals surface area contributed by atoms with Gasteiger partial charge in [-0.05, 0) is 85.8 Å². The maximum Gasteiger partial charge on any atom is 0.281 e. The highest BCUT2D eigenvalue weighted by Gasteiger charge is 2.19. The fraction of sp³-hybridized carbons (Fsp3) is 0.241. The minimum Gasteiger partial charge on any atom is -0.861 e. The Morgan fingerprint density at radius 2 is 1.80 bits per heavy atom. The number of carbonyl (C=O) groups is 2. The van der Waals surface area contributed by atoms with E-state index in [1.165, 1.54) is 54.6 Å². The van der Waals surface area contributed by atoms with Gasteiger partial charge in [-0.15, -0.1) is 0 Å². The number of nitrogens with zero attached hydrogens (tertiary/aromatic N) is 2. The highest BCUT2D eigenvalue weighted by atomic mass is 35.5. The number of hydrogen-bond acceptors (Lipinski definition) is 7. The first-order valence-corrected chi connectivity index (χ1v) is 14.7. The van der Waals surface area contributed by atoms with E-state index < -0.39 is 34.2 Å². The lowest BCUT2D eigenvalue weighted by molar-refractivity contribution is -0.218. The van der Waals surface area contributed by atoms with Crippen LogP contribution >= 0.6 is 23.2 Å². The molecule has 3 aromatic rings. The van der Waals surface area contributed by atoms with Crippen LogP contribution in [0.25, 0.3) is 0 Å². The van der Waals surface area contributed by atoms with Gasteiger partial charge in [0.05, 0.1) is 22.1 Å². The lowest BCUT2D eigenvalue weighted by Crippen LogP contribution is -2.21. The Labute approximate surface area is 248 Å². The third kappa shape index (κ3) is 8.79. The topological polar surface area (TPSA) is 149 Å². The summed E-state index contributed by atoms with van der Waals surface area (Å²) in [6.45, 7) is 3.08. The van der Waals surface area contributed by atoms with Gasteiger partial charge in [0.2, 0.25) is 0 Å². The lowest BCUT2D eigenvalue weighted by Gasteiger charge is -2.14. The van der Waals surface area contributed by atoms with Gasteiger partial charge < -0.3 is 15.2 Å². The molecule has 214 valence electrons. The molecule has 41 heavy (non-hydrogen) atoms. The molecule has 0 aromatic heterocycles. The first kappa shape index (κ1) is 31.6. The molecule has 0 atom stereocenters. The quantitative estimate of drug-likeness (QED) is 0.123. The van der Waals surface area contributed by atoms with Crippen LogP contribution in [0.4, 0.5) is 5.69 Å². The number of benzene rings is 3. The van der Waals surface area contributed by atoms with Crippen molar-refractivity contribution in [2.45, 2.75) is 44.4 Å². The van der Waals surface area contributed by atoms with Crippen LogP contribution in [0, 0.1) is 18.3 Å². The number of halogens is 2. The monoisotopic (exact) mass is 614 g/mol. The summed E-state index contributed by atoms with van der Waals surface area (Å²) in [6.07, 6.45) is 2.32. The highest BCUT2D eigenvalue weighted by Crippen LogP contribution is 2.27. The number of ketones is 1. The van der Waals surface area contributed by atoms with Gasteiger partial charge in [0.25, 0.3) is 15.9 Å². The molecule has 0 unspecified atom stereocenters. The molecule has 0 heterocycles. The Bertz CT molecular complexity index is 1650. The van der Waals surface area contributed by atoms with Crippen molar-refractivity contribution in [3.05, 3.63) is 86.9 Å². The number of nitrogens with one attached hydrogen (secondary N) is 1. The van der Waals surface area contributed by atoms with Crippen LogP contribution in [-0.4, -0.2) is 32.6 Å². The van der Waals surface area contributed by atoms with E-state index in [1.807, 2.05) is 13.0 Å². The summed E-state index contributed by atoms with van der Waals surface area (Å²) in [5, 5.41) is 24.2. The summed E-state index contributed by atoms with van der Waals surface area (Å²) >= 11 is 12.1. The van der Waals surface area contributed by atoms with Gasteiger partial charge in [-0.2, -0.15) is 18.1 Å². The normalized spacial score (nSPS) is 11.5. The molecule has 12 heteroatoms. The van der Waals surface area contributed by atoms with Gasteiger partial charge in [-0.25, -0.2) is 0 Å². The van der Waals surface area contributed by atoms with Crippen molar-refractivity contribution >= 4 is 56.5 Å². The molecule has 3 aromatic carbocycles. The number of ether oxygens (including phenoxy) is 1. The molecule has 0 saturated heterocycles. The van der Waals surface area contributed by atoms with Crippen molar-refractivity contribution in [3.63, 3.8) is 0 Å². The number of hydrogen-bond donors (Lipinski definition) is 1. The number of aryl methyl sites for hydroxylation is 1. The van der Waals surface area contributed by atoms with Crippen LogP contribution in [0.3, 0.4) is 0 Å². The summed E-state index contributed by atoms with van der Waals surface area (Å²) in [5.74, 6) is -1.71. The molecule has 9 nitrogen and oxygen atoms in total. The number of carbonyl (C=O) groups excluding carboxylic acids is 2. The minimum atomic E-state index is -4.19. The van der Waals surface area contributed by atoms with Crippen molar-refractivity contribution < 1.29 is 27.9 Å². The molecule has 0 saturated carbocycles. The van der Waals surface area contributed by atoms with E-state index in [-0.39, 0.29) is 43.8 Å². The van der Waals surface area contributed by atoms with E-state index in [0.717, 1.165) is 12.8 Å². The Balaban J connectivity index is 1.72. The number of amides is 1. The van der Waals surface area contributed by atoms with Gasteiger partial charge in [-0.3, -0.25) is 9.59 Å². The summed E-state index contributed by atoms with van der Waals surface area (Å²) in [4.78, 5) is 25.7. The van der Waals surface area contributed by atoms with Crippen LogP contribution in [0.15, 0.2) is 63.9 Å². The van der Waals surface area contributed by atoms with E-state index in [9.17, 15) is 28.4 Å². The Morgan fingerprint density at radius 3 is 2.49 bits per heavy atom. The van der Waals surface area contributed by atoms with E-state index >= 15 is 0 Å². The largest absolute Gasteiger partial charge is 0.861 e.